The lowest BCUT2D eigenvalue weighted by molar-refractivity contribution is -0.118. The summed E-state index contributed by atoms with van der Waals surface area (Å²) in [6.45, 7) is 1.03. The summed E-state index contributed by atoms with van der Waals surface area (Å²) in [6, 6.07) is 5.53. The fourth-order valence-electron chi connectivity index (χ4n) is 3.68. The molecule has 0 radical (unpaired) electrons. The summed E-state index contributed by atoms with van der Waals surface area (Å²) in [5, 5.41) is 10.2. The number of carbonyl (C=O) groups excluding carboxylic acids is 1. The molecule has 4 rings (SSSR count). The van der Waals surface area contributed by atoms with E-state index < -0.39 is 6.04 Å². The van der Waals surface area contributed by atoms with Gasteiger partial charge >= 0.3 is 0 Å². The Bertz CT molecular complexity index is 951. The molecule has 0 aliphatic carbocycles. The highest BCUT2D eigenvalue weighted by molar-refractivity contribution is 5.97. The van der Waals surface area contributed by atoms with E-state index in [0.29, 0.717) is 0 Å². The number of nitrogens with zero attached hydrogens (tertiary/aromatic N) is 4. The number of halogens is 2. The molecule has 1 aliphatic heterocycles. The molecule has 0 saturated heterocycles. The van der Waals surface area contributed by atoms with Crippen molar-refractivity contribution in [2.24, 2.45) is 7.05 Å². The molecule has 1 unspecified atom stereocenters. The highest BCUT2D eigenvalue weighted by Crippen LogP contribution is 2.25. The van der Waals surface area contributed by atoms with Gasteiger partial charge in [0, 0.05) is 37.5 Å². The van der Waals surface area contributed by atoms with Crippen molar-refractivity contribution in [1.29, 1.82) is 0 Å². The number of rotatable bonds is 4. The van der Waals surface area contributed by atoms with Crippen molar-refractivity contribution in [3.8, 4) is 0 Å². The maximum Gasteiger partial charge on any atom is 0.246 e. The number of imidazole rings is 1. The van der Waals surface area contributed by atoms with Crippen LogP contribution in [0.3, 0.4) is 0 Å². The first kappa shape index (κ1) is 22.2. The lowest BCUT2D eigenvalue weighted by Gasteiger charge is -2.14. The van der Waals surface area contributed by atoms with E-state index in [0.717, 1.165) is 41.1 Å². The molecule has 1 atom stereocenters. The third kappa shape index (κ3) is 4.32. The lowest BCUT2D eigenvalue weighted by Crippen LogP contribution is -2.30. The van der Waals surface area contributed by atoms with Gasteiger partial charge in [0.05, 0.1) is 17.2 Å². The Balaban J connectivity index is 0.00000140. The summed E-state index contributed by atoms with van der Waals surface area (Å²) in [7, 11) is 3.61. The van der Waals surface area contributed by atoms with E-state index >= 15 is 0 Å². The number of benzene rings is 1. The predicted molar refractivity (Wildman–Crippen MR) is 115 cm³/mol. The van der Waals surface area contributed by atoms with Crippen molar-refractivity contribution >= 4 is 47.4 Å². The minimum Gasteiger partial charge on any atom is -0.328 e. The second-order valence-corrected chi connectivity index (χ2v) is 6.85. The zero-order valence-corrected chi connectivity index (χ0v) is 17.6. The van der Waals surface area contributed by atoms with Gasteiger partial charge in [0.15, 0.2) is 0 Å². The zero-order chi connectivity index (χ0) is 18.1. The van der Waals surface area contributed by atoms with Crippen LogP contribution in [-0.2, 0) is 24.8 Å². The van der Waals surface area contributed by atoms with Gasteiger partial charge in [-0.05, 0) is 38.1 Å². The standard InChI is InChI=1S/C19H24N6O.2ClH/c1-20-18(13-11-21-24(2)12-13)19(26)22-14-7-8-16-15(10-14)23-17-6-4-3-5-9-25(16)17;;/h7-8,10-12,18,20H,3-6,9H2,1-2H3,(H,22,26);2*1H. The van der Waals surface area contributed by atoms with E-state index in [1.54, 1.807) is 17.9 Å². The third-order valence-corrected chi connectivity index (χ3v) is 4.99. The van der Waals surface area contributed by atoms with Crippen LogP contribution in [0.25, 0.3) is 11.0 Å². The van der Waals surface area contributed by atoms with Crippen molar-refractivity contribution in [3.05, 3.63) is 42.0 Å². The Morgan fingerprint density at radius 1 is 1.21 bits per heavy atom. The maximum atomic E-state index is 12.7. The van der Waals surface area contributed by atoms with E-state index in [-0.39, 0.29) is 30.7 Å². The van der Waals surface area contributed by atoms with Crippen molar-refractivity contribution in [2.45, 2.75) is 38.3 Å². The Morgan fingerprint density at radius 2 is 2.04 bits per heavy atom. The van der Waals surface area contributed by atoms with Gasteiger partial charge in [-0.3, -0.25) is 9.48 Å². The lowest BCUT2D eigenvalue weighted by atomic mass is 10.1. The second kappa shape index (κ2) is 9.41. The van der Waals surface area contributed by atoms with Crippen LogP contribution in [-0.4, -0.2) is 32.3 Å². The maximum absolute atomic E-state index is 12.7. The Hall–Kier alpha value is -2.09. The minimum absolute atomic E-state index is 0. The number of hydrogen-bond donors (Lipinski definition) is 2. The molecule has 1 aliphatic rings. The molecule has 1 amide bonds. The molecule has 0 bridgehead atoms. The van der Waals surface area contributed by atoms with Gasteiger partial charge in [0.25, 0.3) is 0 Å². The highest BCUT2D eigenvalue weighted by atomic mass is 35.5. The Kier molecular flexibility index (Phi) is 7.46. The monoisotopic (exact) mass is 424 g/mol. The number of carbonyl (C=O) groups is 1. The van der Waals surface area contributed by atoms with Gasteiger partial charge < -0.3 is 15.2 Å². The first-order valence-electron chi connectivity index (χ1n) is 9.11. The molecule has 1 aromatic carbocycles. The smallest absolute Gasteiger partial charge is 0.246 e. The molecule has 3 aromatic rings. The number of nitrogens with one attached hydrogen (secondary N) is 2. The van der Waals surface area contributed by atoms with Crippen molar-refractivity contribution in [1.82, 2.24) is 24.6 Å². The first-order chi connectivity index (χ1) is 12.7. The van der Waals surface area contributed by atoms with Crippen LogP contribution in [0.5, 0.6) is 0 Å². The van der Waals surface area contributed by atoms with Crippen LogP contribution >= 0.6 is 24.8 Å². The summed E-state index contributed by atoms with van der Waals surface area (Å²) in [4.78, 5) is 17.5. The van der Waals surface area contributed by atoms with Gasteiger partial charge in [0.2, 0.25) is 5.91 Å². The first-order valence-corrected chi connectivity index (χ1v) is 9.11. The Labute approximate surface area is 176 Å². The number of likely N-dealkylation sites (N-methyl/N-ethyl adjacent to an activating group) is 1. The number of fused-ring (bicyclic) bond motifs is 3. The number of anilines is 1. The normalized spacial score (nSPS) is 14.4. The molecule has 28 heavy (non-hydrogen) atoms. The molecular weight excluding hydrogens is 399 g/mol. The van der Waals surface area contributed by atoms with Crippen LogP contribution in [0.2, 0.25) is 0 Å². The predicted octanol–water partition coefficient (Wildman–Crippen LogP) is 3.24. The van der Waals surface area contributed by atoms with Gasteiger partial charge in [-0.2, -0.15) is 5.10 Å². The van der Waals surface area contributed by atoms with Crippen LogP contribution in [0.4, 0.5) is 5.69 Å². The molecule has 2 N–H and O–H groups in total. The van der Waals surface area contributed by atoms with Gasteiger partial charge in [0.1, 0.15) is 11.9 Å². The number of aromatic nitrogens is 4. The Morgan fingerprint density at radius 3 is 2.75 bits per heavy atom. The fourth-order valence-corrected chi connectivity index (χ4v) is 3.68. The molecule has 0 fully saturated rings. The average molecular weight is 425 g/mol. The van der Waals surface area contributed by atoms with E-state index in [2.05, 4.69) is 26.4 Å². The van der Waals surface area contributed by atoms with Gasteiger partial charge in [-0.15, -0.1) is 24.8 Å². The van der Waals surface area contributed by atoms with Crippen molar-refractivity contribution in [2.75, 3.05) is 12.4 Å². The quantitative estimate of drug-likeness (QED) is 0.673. The molecule has 2 aromatic heterocycles. The molecular formula is C19H26Cl2N6O. The van der Waals surface area contributed by atoms with Crippen LogP contribution < -0.4 is 10.6 Å². The minimum atomic E-state index is -0.446. The van der Waals surface area contributed by atoms with Gasteiger partial charge in [-0.25, -0.2) is 4.98 Å². The van der Waals surface area contributed by atoms with Crippen LogP contribution in [0, 0.1) is 0 Å². The van der Waals surface area contributed by atoms with Crippen molar-refractivity contribution < 1.29 is 4.79 Å². The summed E-state index contributed by atoms with van der Waals surface area (Å²) in [6.07, 6.45) is 8.23. The molecule has 3 heterocycles. The van der Waals surface area contributed by atoms with Crippen LogP contribution in [0.15, 0.2) is 30.6 Å². The zero-order valence-electron chi connectivity index (χ0n) is 16.0. The molecule has 0 saturated carbocycles. The number of amides is 1. The molecule has 7 nitrogen and oxygen atoms in total. The van der Waals surface area contributed by atoms with E-state index in [1.807, 2.05) is 25.4 Å². The third-order valence-electron chi connectivity index (χ3n) is 4.99. The summed E-state index contributed by atoms with van der Waals surface area (Å²) in [5.74, 6) is 1.05. The summed E-state index contributed by atoms with van der Waals surface area (Å²) >= 11 is 0. The van der Waals surface area contributed by atoms with Gasteiger partial charge in [-0.1, -0.05) is 6.42 Å². The van der Waals surface area contributed by atoms with Crippen molar-refractivity contribution in [3.63, 3.8) is 0 Å². The van der Waals surface area contributed by atoms with Crippen LogP contribution in [0.1, 0.15) is 36.7 Å². The fraction of sp³-hybridized carbons (Fsp3) is 0.421. The molecule has 152 valence electrons. The molecule has 0 spiro atoms. The second-order valence-electron chi connectivity index (χ2n) is 6.85. The summed E-state index contributed by atoms with van der Waals surface area (Å²) < 4.78 is 4.01. The highest BCUT2D eigenvalue weighted by Gasteiger charge is 2.21. The number of aryl methyl sites for hydroxylation is 3. The topological polar surface area (TPSA) is 76.8 Å². The molecule has 9 heteroatoms. The number of hydrogen-bond acceptors (Lipinski definition) is 4. The van der Waals surface area contributed by atoms with E-state index in [9.17, 15) is 4.79 Å². The van der Waals surface area contributed by atoms with E-state index in [4.69, 9.17) is 4.98 Å². The van der Waals surface area contributed by atoms with E-state index in [1.165, 1.54) is 19.3 Å². The summed E-state index contributed by atoms with van der Waals surface area (Å²) in [5.41, 5.74) is 3.70. The average Bonchev–Trinajstić information content (AvgIpc) is 3.11. The SMILES string of the molecule is CNC(C(=O)Nc1ccc2c(c1)nc1n2CCCCC1)c1cnn(C)c1.Cl.Cl. The largest absolute Gasteiger partial charge is 0.328 e.